The van der Waals surface area contributed by atoms with Gasteiger partial charge in [-0.15, -0.1) is 0 Å². The van der Waals surface area contributed by atoms with E-state index >= 15 is 0 Å². The molecular formula is C14H16IN6O8S-. The molecule has 0 radical (unpaired) electrons. The van der Waals surface area contributed by atoms with Crippen LogP contribution in [0.3, 0.4) is 0 Å². The van der Waals surface area contributed by atoms with E-state index in [1.54, 1.807) is 4.72 Å². The van der Waals surface area contributed by atoms with E-state index < -0.39 is 75.2 Å². The molecule has 2 aliphatic rings. The van der Waals surface area contributed by atoms with Gasteiger partial charge in [0, 0.05) is 0 Å². The number of amides is 1. The quantitative estimate of drug-likeness (QED) is 0.164. The molecule has 4 atom stereocenters. The van der Waals surface area contributed by atoms with Gasteiger partial charge in [0.25, 0.3) is 0 Å². The number of hydrogen-bond donors (Lipinski definition) is 5. The molecule has 30 heavy (non-hydrogen) atoms. The maximum absolute atomic E-state index is 12.2. The van der Waals surface area contributed by atoms with Crippen molar-refractivity contribution >= 4 is 33.2 Å². The van der Waals surface area contributed by atoms with Gasteiger partial charge in [-0.3, -0.25) is 0 Å². The summed E-state index contributed by atoms with van der Waals surface area (Å²) in [6.45, 7) is -1.41. The van der Waals surface area contributed by atoms with Crippen LogP contribution >= 0.6 is 0 Å². The molecule has 0 unspecified atom stereocenters. The number of nitrogens with zero attached hydrogens (tertiary/aromatic N) is 4. The van der Waals surface area contributed by atoms with E-state index in [2.05, 4.69) is 15.0 Å². The van der Waals surface area contributed by atoms with Gasteiger partial charge in [-0.1, -0.05) is 0 Å². The Morgan fingerprint density at radius 1 is 1.33 bits per heavy atom. The van der Waals surface area contributed by atoms with Crippen LogP contribution in [-0.2, 0) is 24.0 Å². The molecule has 0 saturated carbocycles. The molecule has 0 aromatic carbocycles. The first-order valence-corrected chi connectivity index (χ1v) is 12.1. The zero-order valence-corrected chi connectivity index (χ0v) is 17.9. The molecule has 14 nitrogen and oxygen atoms in total. The third-order valence-corrected chi connectivity index (χ3v) is 7.67. The number of halogens is 1. The molecule has 2 aromatic rings. The first-order chi connectivity index (χ1) is 14.2. The van der Waals surface area contributed by atoms with E-state index in [9.17, 15) is 28.5 Å². The summed E-state index contributed by atoms with van der Waals surface area (Å²) in [4.78, 5) is 24.6. The molecule has 0 spiro atoms. The van der Waals surface area contributed by atoms with Crippen molar-refractivity contribution in [3.05, 3.63) is 19.8 Å². The van der Waals surface area contributed by atoms with Gasteiger partial charge in [0.1, 0.15) is 0 Å². The summed E-state index contributed by atoms with van der Waals surface area (Å²) in [5, 5.41) is 30.4. The standard InChI is InChI=1S/C14H16IN6O8S/c16-10-7-11(18-4-17-10)21-13-9(24)8(23)6(29-13)3-28-30(26,27)20-12(25)5(2-22)1-15-14(21)19-7/h1,4,6,8-9,13,22-24H,2-3H2,(H,20,25)(H2,16,17,18)/q-1/b5-1-/t6-,8-,9-,13-/m1/s1. The van der Waals surface area contributed by atoms with Crippen LogP contribution in [0.15, 0.2) is 16.0 Å². The zero-order chi connectivity index (χ0) is 21.6. The van der Waals surface area contributed by atoms with Gasteiger partial charge in [0.15, 0.2) is 0 Å². The maximum atomic E-state index is 12.2. The number of aromatic nitrogens is 4. The number of nitrogens with two attached hydrogens (primary N) is 1. The number of anilines is 1. The van der Waals surface area contributed by atoms with Crippen LogP contribution in [0.2, 0.25) is 0 Å². The minimum atomic E-state index is -4.55. The fourth-order valence-electron chi connectivity index (χ4n) is 2.92. The summed E-state index contributed by atoms with van der Waals surface area (Å²) < 4.78 is 39.1. The van der Waals surface area contributed by atoms with Gasteiger partial charge in [0.2, 0.25) is 0 Å². The molecular weight excluding hydrogens is 539 g/mol. The average Bonchev–Trinajstić information content (AvgIpc) is 3.19. The Hall–Kier alpha value is -1.96. The summed E-state index contributed by atoms with van der Waals surface area (Å²) >= 11 is -1.29. The number of rotatable bonds is 1. The number of nitrogen functional groups attached to an aromatic ring is 1. The molecule has 4 heterocycles. The van der Waals surface area contributed by atoms with E-state index in [1.165, 1.54) is 15.0 Å². The van der Waals surface area contributed by atoms with Crippen LogP contribution in [-0.4, -0.2) is 80.7 Å². The molecule has 1 amide bonds. The molecule has 164 valence electrons. The van der Waals surface area contributed by atoms with Crippen molar-refractivity contribution < 1.29 is 58.7 Å². The molecule has 2 bridgehead atoms. The Balaban J connectivity index is 1.88. The van der Waals surface area contributed by atoms with Crippen molar-refractivity contribution in [1.82, 2.24) is 24.2 Å². The first kappa shape index (κ1) is 21.3. The van der Waals surface area contributed by atoms with Crippen molar-refractivity contribution in [2.75, 3.05) is 18.9 Å². The Labute approximate surface area is 179 Å². The normalized spacial score (nSPS) is 31.3. The molecule has 1 fully saturated rings. The van der Waals surface area contributed by atoms with Crippen molar-refractivity contribution in [2.24, 2.45) is 0 Å². The Morgan fingerprint density at radius 2 is 2.10 bits per heavy atom. The monoisotopic (exact) mass is 555 g/mol. The van der Waals surface area contributed by atoms with Crippen molar-refractivity contribution in [1.29, 1.82) is 0 Å². The SMILES string of the molecule is Nc1ncnc2c1nc1n2[C@@H]2O[C@H](COS(=O)(=O)NC(=O)/C(CO)=C\[I-]1)[C@@H](O)[C@H]2O. The van der Waals surface area contributed by atoms with E-state index in [0.717, 1.165) is 0 Å². The predicted molar refractivity (Wildman–Crippen MR) is 92.5 cm³/mol. The minimum absolute atomic E-state index is 0.0771. The number of hydrogen-bond acceptors (Lipinski definition) is 12. The van der Waals surface area contributed by atoms with Crippen LogP contribution in [0.25, 0.3) is 11.2 Å². The topological polar surface area (TPSA) is 212 Å². The van der Waals surface area contributed by atoms with E-state index in [4.69, 9.17) is 14.7 Å². The predicted octanol–water partition coefficient (Wildman–Crippen LogP) is -6.45. The molecule has 6 N–H and O–H groups in total. The van der Waals surface area contributed by atoms with Crippen LogP contribution in [0.4, 0.5) is 5.82 Å². The number of aliphatic hydroxyl groups is 3. The van der Waals surface area contributed by atoms with Crippen LogP contribution in [0.5, 0.6) is 0 Å². The number of fused-ring (bicyclic) bond motifs is 6. The molecule has 0 aliphatic carbocycles. The first-order valence-electron chi connectivity index (χ1n) is 8.36. The molecule has 2 aromatic heterocycles. The molecule has 2 aliphatic heterocycles. The third-order valence-electron chi connectivity index (χ3n) is 4.40. The fourth-order valence-corrected chi connectivity index (χ4v) is 5.97. The Bertz CT molecular complexity index is 1140. The molecule has 1 saturated heterocycles. The second-order valence-electron chi connectivity index (χ2n) is 6.30. The van der Waals surface area contributed by atoms with Gasteiger partial charge in [-0.2, -0.15) is 0 Å². The van der Waals surface area contributed by atoms with Crippen molar-refractivity contribution in [2.45, 2.75) is 24.5 Å². The number of imidazole rings is 1. The fraction of sp³-hybridized carbons (Fsp3) is 0.429. The summed E-state index contributed by atoms with van der Waals surface area (Å²) in [6, 6.07) is 0. The van der Waals surface area contributed by atoms with Crippen LogP contribution < -0.4 is 31.7 Å². The molecule has 4 rings (SSSR count). The number of aliphatic hydroxyl groups excluding tert-OH is 3. The summed E-state index contributed by atoms with van der Waals surface area (Å²) in [5.74, 6) is -0.988. The summed E-state index contributed by atoms with van der Waals surface area (Å²) in [5.41, 5.74) is 6.11. The molecule has 16 heteroatoms. The van der Waals surface area contributed by atoms with Crippen LogP contribution in [0, 0.1) is 3.83 Å². The van der Waals surface area contributed by atoms with E-state index in [1.807, 2.05) is 0 Å². The number of nitrogens with one attached hydrogen (secondary N) is 1. The summed E-state index contributed by atoms with van der Waals surface area (Å²) in [7, 11) is -4.55. The van der Waals surface area contributed by atoms with Gasteiger partial charge in [-0.25, -0.2) is 0 Å². The zero-order valence-electron chi connectivity index (χ0n) is 14.9. The van der Waals surface area contributed by atoms with Crippen molar-refractivity contribution in [3.8, 4) is 0 Å². The number of ether oxygens (including phenoxy) is 1. The van der Waals surface area contributed by atoms with Crippen molar-refractivity contribution in [3.63, 3.8) is 0 Å². The number of carbonyl (C=O) groups is 1. The van der Waals surface area contributed by atoms with E-state index in [-0.39, 0.29) is 22.6 Å². The van der Waals surface area contributed by atoms with Gasteiger partial charge >= 0.3 is 179 Å². The second kappa shape index (κ2) is 7.94. The summed E-state index contributed by atoms with van der Waals surface area (Å²) in [6.07, 6.45) is -4.17. The second-order valence-corrected chi connectivity index (χ2v) is 9.86. The number of carbonyl (C=O) groups excluding carboxylic acids is 1. The van der Waals surface area contributed by atoms with Crippen LogP contribution in [0.1, 0.15) is 6.23 Å². The third kappa shape index (κ3) is 3.74. The Kier molecular flexibility index (Phi) is 5.64. The average molecular weight is 555 g/mol. The van der Waals surface area contributed by atoms with Gasteiger partial charge in [0.05, 0.1) is 0 Å². The van der Waals surface area contributed by atoms with Gasteiger partial charge < -0.3 is 0 Å². The van der Waals surface area contributed by atoms with Gasteiger partial charge in [-0.05, 0) is 0 Å². The Morgan fingerprint density at radius 3 is 2.83 bits per heavy atom. The van der Waals surface area contributed by atoms with E-state index in [0.29, 0.717) is 3.83 Å².